The molecule has 0 saturated heterocycles. The van der Waals surface area contributed by atoms with E-state index in [0.717, 1.165) is 0 Å². The van der Waals surface area contributed by atoms with Crippen molar-refractivity contribution in [3.05, 3.63) is 79.9 Å². The molecular weight excluding hydrogens is 388 g/mol. The lowest BCUT2D eigenvalue weighted by atomic mass is 10.2. The number of nitrogens with zero attached hydrogens (tertiary/aromatic N) is 6. The number of aryl methyl sites for hydroxylation is 1. The Kier molecular flexibility index (Phi) is 5.32. The number of hydrogen-bond acceptors (Lipinski definition) is 8. The maximum Gasteiger partial charge on any atom is 0.290 e. The van der Waals surface area contributed by atoms with Gasteiger partial charge in [0.15, 0.2) is 0 Å². The highest BCUT2D eigenvalue weighted by Gasteiger charge is 2.14. The van der Waals surface area contributed by atoms with E-state index in [1.165, 1.54) is 36.8 Å². The van der Waals surface area contributed by atoms with E-state index >= 15 is 0 Å². The van der Waals surface area contributed by atoms with Crippen LogP contribution in [0, 0.1) is 27.2 Å². The molecule has 4 rings (SSSR count). The standard InChI is InChI=1S/C9H7N3O2.C8H4ClN3O2/c1-6-4-7-8(11-3-2-10-7)5-9(6)12(13)14;9-5-3-6-7(11-2-1-10-6)4-8(5)12(13)14/h2-5H,1H3;1-4H. The van der Waals surface area contributed by atoms with E-state index in [2.05, 4.69) is 19.9 Å². The number of aromatic nitrogens is 4. The van der Waals surface area contributed by atoms with E-state index in [0.29, 0.717) is 27.6 Å². The summed E-state index contributed by atoms with van der Waals surface area (Å²) in [4.78, 5) is 36.2. The van der Waals surface area contributed by atoms with Crippen LogP contribution in [0.15, 0.2) is 49.1 Å². The third-order valence-corrected chi connectivity index (χ3v) is 4.02. The Labute approximate surface area is 162 Å². The zero-order chi connectivity index (χ0) is 20.3. The second-order valence-electron chi connectivity index (χ2n) is 5.55. The van der Waals surface area contributed by atoms with E-state index in [4.69, 9.17) is 11.6 Å². The summed E-state index contributed by atoms with van der Waals surface area (Å²) < 4.78 is 0. The third kappa shape index (κ3) is 3.96. The first-order valence-corrected chi connectivity index (χ1v) is 8.15. The number of fused-ring (bicyclic) bond motifs is 2. The van der Waals surface area contributed by atoms with Crippen LogP contribution in [0.5, 0.6) is 0 Å². The van der Waals surface area contributed by atoms with Crippen LogP contribution in [0.2, 0.25) is 5.02 Å². The second-order valence-corrected chi connectivity index (χ2v) is 5.95. The minimum atomic E-state index is -0.545. The lowest BCUT2D eigenvalue weighted by Gasteiger charge is -1.98. The Morgan fingerprint density at radius 1 is 0.714 bits per heavy atom. The number of benzene rings is 2. The van der Waals surface area contributed by atoms with E-state index in [-0.39, 0.29) is 16.4 Å². The van der Waals surface area contributed by atoms with Gasteiger partial charge in [0.05, 0.1) is 31.9 Å². The van der Waals surface area contributed by atoms with Gasteiger partial charge in [-0.2, -0.15) is 0 Å². The van der Waals surface area contributed by atoms with E-state index < -0.39 is 9.85 Å². The summed E-state index contributed by atoms with van der Waals surface area (Å²) in [5, 5.41) is 21.2. The Hall–Kier alpha value is -3.79. The van der Waals surface area contributed by atoms with Gasteiger partial charge in [0.1, 0.15) is 5.02 Å². The highest BCUT2D eigenvalue weighted by Crippen LogP contribution is 2.27. The largest absolute Gasteiger partial charge is 0.290 e. The summed E-state index contributed by atoms with van der Waals surface area (Å²) in [5.41, 5.74) is 2.76. The minimum absolute atomic E-state index is 0.0722. The van der Waals surface area contributed by atoms with Crippen molar-refractivity contribution < 1.29 is 9.85 Å². The van der Waals surface area contributed by atoms with Crippen molar-refractivity contribution in [2.45, 2.75) is 6.92 Å². The number of hydrogen-bond donors (Lipinski definition) is 0. The summed E-state index contributed by atoms with van der Waals surface area (Å²) in [6.07, 6.45) is 6.06. The zero-order valence-electron chi connectivity index (χ0n) is 14.3. The number of nitro groups is 2. The molecule has 0 aliphatic carbocycles. The Balaban J connectivity index is 0.000000161. The van der Waals surface area contributed by atoms with Gasteiger partial charge in [0.2, 0.25) is 0 Å². The van der Waals surface area contributed by atoms with Crippen molar-refractivity contribution in [3.8, 4) is 0 Å². The monoisotopic (exact) mass is 398 g/mol. The average molecular weight is 399 g/mol. The Morgan fingerprint density at radius 2 is 1.11 bits per heavy atom. The number of rotatable bonds is 2. The second kappa shape index (κ2) is 7.84. The first-order valence-electron chi connectivity index (χ1n) is 7.77. The van der Waals surface area contributed by atoms with Crippen molar-refractivity contribution in [1.29, 1.82) is 0 Å². The highest BCUT2D eigenvalue weighted by atomic mass is 35.5. The molecule has 2 aromatic heterocycles. The van der Waals surface area contributed by atoms with Crippen LogP contribution < -0.4 is 0 Å². The van der Waals surface area contributed by atoms with Crippen LogP contribution in [-0.2, 0) is 0 Å². The van der Waals surface area contributed by atoms with Gasteiger partial charge in [0, 0.05) is 42.5 Å². The first kappa shape index (κ1) is 19.0. The first-order chi connectivity index (χ1) is 13.4. The van der Waals surface area contributed by atoms with Crippen molar-refractivity contribution in [2.75, 3.05) is 0 Å². The van der Waals surface area contributed by atoms with Crippen molar-refractivity contribution in [1.82, 2.24) is 19.9 Å². The lowest BCUT2D eigenvalue weighted by molar-refractivity contribution is -0.385. The SMILES string of the molecule is Cc1cc2nccnc2cc1[N+](=O)[O-].O=[N+]([O-])c1cc2nccnc2cc1Cl. The van der Waals surface area contributed by atoms with Gasteiger partial charge in [-0.3, -0.25) is 40.2 Å². The topological polar surface area (TPSA) is 138 Å². The van der Waals surface area contributed by atoms with Crippen LogP contribution >= 0.6 is 11.6 Å². The van der Waals surface area contributed by atoms with Crippen LogP contribution in [0.1, 0.15) is 5.56 Å². The fraction of sp³-hybridized carbons (Fsp3) is 0.0588. The molecule has 28 heavy (non-hydrogen) atoms. The van der Waals surface area contributed by atoms with Crippen LogP contribution in [-0.4, -0.2) is 29.8 Å². The van der Waals surface area contributed by atoms with Crippen molar-refractivity contribution in [3.63, 3.8) is 0 Å². The molecule has 10 nitrogen and oxygen atoms in total. The summed E-state index contributed by atoms with van der Waals surface area (Å²) in [6.45, 7) is 1.69. The van der Waals surface area contributed by atoms with Gasteiger partial charge in [-0.1, -0.05) is 11.6 Å². The predicted molar refractivity (Wildman–Crippen MR) is 102 cm³/mol. The van der Waals surface area contributed by atoms with Crippen molar-refractivity contribution >= 4 is 45.0 Å². The molecule has 4 aromatic rings. The number of halogens is 1. The Bertz CT molecular complexity index is 1120. The van der Waals surface area contributed by atoms with Crippen LogP contribution in [0.25, 0.3) is 22.1 Å². The predicted octanol–water partition coefficient (Wildman–Crippen LogP) is 4.04. The summed E-state index contributed by atoms with van der Waals surface area (Å²) in [5.74, 6) is 0. The molecule has 2 aromatic carbocycles. The molecule has 0 amide bonds. The fourth-order valence-corrected chi connectivity index (χ4v) is 2.64. The zero-order valence-corrected chi connectivity index (χ0v) is 15.1. The fourth-order valence-electron chi connectivity index (χ4n) is 2.42. The molecule has 0 aliphatic heterocycles. The summed E-state index contributed by atoms with van der Waals surface area (Å²) >= 11 is 5.69. The molecule has 140 valence electrons. The maximum absolute atomic E-state index is 10.6. The summed E-state index contributed by atoms with van der Waals surface area (Å²) in [6, 6.07) is 5.85. The van der Waals surface area contributed by atoms with Crippen LogP contribution in [0.3, 0.4) is 0 Å². The van der Waals surface area contributed by atoms with E-state index in [1.807, 2.05) is 0 Å². The van der Waals surface area contributed by atoms with Crippen LogP contribution in [0.4, 0.5) is 11.4 Å². The minimum Gasteiger partial charge on any atom is -0.258 e. The van der Waals surface area contributed by atoms with E-state index in [1.54, 1.807) is 19.2 Å². The normalized spacial score (nSPS) is 10.4. The van der Waals surface area contributed by atoms with Gasteiger partial charge in [-0.15, -0.1) is 0 Å². The molecule has 0 aliphatic rings. The third-order valence-electron chi connectivity index (χ3n) is 3.72. The maximum atomic E-state index is 10.6. The highest BCUT2D eigenvalue weighted by molar-refractivity contribution is 6.33. The molecule has 0 fully saturated rings. The van der Waals surface area contributed by atoms with Gasteiger partial charge < -0.3 is 0 Å². The molecule has 0 bridgehead atoms. The molecule has 0 atom stereocenters. The summed E-state index contributed by atoms with van der Waals surface area (Å²) in [7, 11) is 0. The van der Waals surface area contributed by atoms with E-state index in [9.17, 15) is 20.2 Å². The van der Waals surface area contributed by atoms with Gasteiger partial charge in [0.25, 0.3) is 11.4 Å². The van der Waals surface area contributed by atoms with Crippen molar-refractivity contribution in [2.24, 2.45) is 0 Å². The molecule has 0 unspecified atom stereocenters. The quantitative estimate of drug-likeness (QED) is 0.364. The molecule has 0 radical (unpaired) electrons. The van der Waals surface area contributed by atoms with Gasteiger partial charge in [-0.25, -0.2) is 0 Å². The molecule has 11 heteroatoms. The van der Waals surface area contributed by atoms with Gasteiger partial charge in [-0.05, 0) is 19.1 Å². The molecule has 0 saturated carbocycles. The Morgan fingerprint density at radius 3 is 1.57 bits per heavy atom. The van der Waals surface area contributed by atoms with Gasteiger partial charge >= 0.3 is 0 Å². The molecule has 2 heterocycles. The molecule has 0 spiro atoms. The lowest BCUT2D eigenvalue weighted by Crippen LogP contribution is -1.93. The smallest absolute Gasteiger partial charge is 0.258 e. The molecular formula is C17H11ClN6O4. The average Bonchev–Trinajstić information content (AvgIpc) is 2.67. The molecule has 0 N–H and O–H groups in total. The number of nitro benzene ring substituents is 2.